The molecule has 12 nitrogen and oxygen atoms in total. The Hall–Kier alpha value is -3.26. The maximum Gasteiger partial charge on any atom is 0.251 e. The summed E-state index contributed by atoms with van der Waals surface area (Å²) in [5.41, 5.74) is 13.2. The van der Waals surface area contributed by atoms with Gasteiger partial charge in [0.05, 0.1) is 11.4 Å². The predicted octanol–water partition coefficient (Wildman–Crippen LogP) is 4.67. The highest BCUT2D eigenvalue weighted by Crippen LogP contribution is 2.19. The van der Waals surface area contributed by atoms with Crippen LogP contribution in [0.1, 0.15) is 72.1 Å². The van der Waals surface area contributed by atoms with Crippen molar-refractivity contribution >= 4 is 23.2 Å². The van der Waals surface area contributed by atoms with Gasteiger partial charge in [-0.3, -0.25) is 9.59 Å². The SMILES string of the molecule is NCCCOCCCCOCCCNC(=O)c1ccc(N=Nc2ccc(C(=O)NCCCOCCCCOCCCN)cc2)cc1. The van der Waals surface area contributed by atoms with Gasteiger partial charge in [-0.05, 0) is 113 Å². The number of nitrogens with one attached hydrogen (secondary N) is 2. The number of unbranched alkanes of at least 4 members (excludes halogenated alkanes) is 2. The van der Waals surface area contributed by atoms with Crippen LogP contribution in [0, 0.1) is 0 Å². The molecule has 2 rings (SSSR count). The van der Waals surface area contributed by atoms with Crippen LogP contribution in [-0.2, 0) is 18.9 Å². The lowest BCUT2D eigenvalue weighted by atomic mass is 10.2. The zero-order valence-electron chi connectivity index (χ0n) is 27.3. The lowest BCUT2D eigenvalue weighted by Crippen LogP contribution is -2.25. The molecule has 0 radical (unpaired) electrons. The maximum atomic E-state index is 12.4. The fourth-order valence-corrected chi connectivity index (χ4v) is 4.03. The molecule has 2 aromatic rings. The molecule has 0 saturated carbocycles. The third kappa shape index (κ3) is 19.3. The molecule has 12 heteroatoms. The van der Waals surface area contributed by atoms with Gasteiger partial charge in [-0.25, -0.2) is 0 Å². The van der Waals surface area contributed by atoms with Crippen LogP contribution in [0.15, 0.2) is 58.8 Å². The molecule has 0 heterocycles. The number of nitrogens with zero attached hydrogens (tertiary/aromatic N) is 2. The molecular weight excluding hydrogens is 588 g/mol. The molecule has 2 amide bonds. The number of hydrogen-bond acceptors (Lipinski definition) is 10. The van der Waals surface area contributed by atoms with E-state index in [1.807, 2.05) is 0 Å². The summed E-state index contributed by atoms with van der Waals surface area (Å²) in [6, 6.07) is 13.8. The fourth-order valence-electron chi connectivity index (χ4n) is 4.03. The first-order valence-corrected chi connectivity index (χ1v) is 16.5. The number of amides is 2. The molecule has 256 valence electrons. The number of benzene rings is 2. The van der Waals surface area contributed by atoms with E-state index in [4.69, 9.17) is 30.4 Å². The Balaban J connectivity index is 1.54. The molecule has 0 atom stereocenters. The Bertz CT molecular complexity index is 999. The van der Waals surface area contributed by atoms with Gasteiger partial charge in [0.2, 0.25) is 0 Å². The summed E-state index contributed by atoms with van der Waals surface area (Å²) in [5, 5.41) is 14.3. The number of carbonyl (C=O) groups is 2. The second-order valence-corrected chi connectivity index (χ2v) is 10.7. The molecule has 0 unspecified atom stereocenters. The molecule has 46 heavy (non-hydrogen) atoms. The van der Waals surface area contributed by atoms with E-state index in [1.165, 1.54) is 0 Å². The molecule has 0 bridgehead atoms. The van der Waals surface area contributed by atoms with Gasteiger partial charge in [-0.2, -0.15) is 10.2 Å². The van der Waals surface area contributed by atoms with E-state index in [2.05, 4.69) is 20.9 Å². The Morgan fingerprint density at radius 3 is 1.11 bits per heavy atom. The topological polar surface area (TPSA) is 172 Å². The second kappa shape index (κ2) is 26.9. The van der Waals surface area contributed by atoms with E-state index in [1.54, 1.807) is 48.5 Å². The van der Waals surface area contributed by atoms with Gasteiger partial charge in [-0.15, -0.1) is 0 Å². The molecule has 0 fully saturated rings. The van der Waals surface area contributed by atoms with Crippen LogP contribution >= 0.6 is 0 Å². The van der Waals surface area contributed by atoms with E-state index in [0.717, 1.165) is 64.6 Å². The van der Waals surface area contributed by atoms with Gasteiger partial charge < -0.3 is 41.0 Å². The monoisotopic (exact) mass is 642 g/mol. The highest BCUT2D eigenvalue weighted by Gasteiger charge is 2.06. The van der Waals surface area contributed by atoms with Gasteiger partial charge in [0, 0.05) is 77.1 Å². The zero-order valence-corrected chi connectivity index (χ0v) is 27.3. The van der Waals surface area contributed by atoms with Crippen LogP contribution in [0.25, 0.3) is 0 Å². The van der Waals surface area contributed by atoms with E-state index in [0.29, 0.717) is 88.3 Å². The van der Waals surface area contributed by atoms with Crippen LogP contribution in [0.4, 0.5) is 11.4 Å². The summed E-state index contributed by atoms with van der Waals surface area (Å²) in [6.45, 7) is 7.88. The lowest BCUT2D eigenvalue weighted by molar-refractivity contribution is 0.0917. The highest BCUT2D eigenvalue weighted by molar-refractivity contribution is 5.95. The van der Waals surface area contributed by atoms with Crippen molar-refractivity contribution in [3.63, 3.8) is 0 Å². The summed E-state index contributed by atoms with van der Waals surface area (Å²) >= 11 is 0. The first-order valence-electron chi connectivity index (χ1n) is 16.5. The van der Waals surface area contributed by atoms with E-state index in [-0.39, 0.29) is 11.8 Å². The second-order valence-electron chi connectivity index (χ2n) is 10.7. The van der Waals surface area contributed by atoms with Crippen molar-refractivity contribution in [2.45, 2.75) is 51.4 Å². The first kappa shape index (κ1) is 38.9. The number of rotatable bonds is 28. The highest BCUT2D eigenvalue weighted by atomic mass is 16.5. The summed E-state index contributed by atoms with van der Waals surface area (Å²) in [7, 11) is 0. The minimum atomic E-state index is -0.143. The molecule has 0 aliphatic heterocycles. The van der Waals surface area contributed by atoms with E-state index < -0.39 is 0 Å². The molecule has 0 aliphatic carbocycles. The van der Waals surface area contributed by atoms with Gasteiger partial charge in [0.1, 0.15) is 0 Å². The Kier molecular flexibility index (Phi) is 22.8. The van der Waals surface area contributed by atoms with Gasteiger partial charge in [0.25, 0.3) is 11.8 Å². The van der Waals surface area contributed by atoms with Crippen LogP contribution in [0.2, 0.25) is 0 Å². The lowest BCUT2D eigenvalue weighted by Gasteiger charge is -2.07. The molecule has 6 N–H and O–H groups in total. The van der Waals surface area contributed by atoms with Gasteiger partial charge >= 0.3 is 0 Å². The van der Waals surface area contributed by atoms with Crippen molar-refractivity contribution in [2.24, 2.45) is 21.7 Å². The summed E-state index contributed by atoms with van der Waals surface area (Å²) in [5.74, 6) is -0.286. The minimum absolute atomic E-state index is 0.143. The van der Waals surface area contributed by atoms with Crippen molar-refractivity contribution in [3.05, 3.63) is 59.7 Å². The smallest absolute Gasteiger partial charge is 0.251 e. The molecule has 0 spiro atoms. The molecular formula is C34H54N6O6. The van der Waals surface area contributed by atoms with Gasteiger partial charge in [-0.1, -0.05) is 0 Å². The average molecular weight is 643 g/mol. The number of carbonyl (C=O) groups excluding carboxylic acids is 2. The minimum Gasteiger partial charge on any atom is -0.381 e. The third-order valence-corrected chi connectivity index (χ3v) is 6.68. The quantitative estimate of drug-likeness (QED) is 0.0766. The van der Waals surface area contributed by atoms with Crippen molar-refractivity contribution in [1.29, 1.82) is 0 Å². The third-order valence-electron chi connectivity index (χ3n) is 6.68. The van der Waals surface area contributed by atoms with Crippen molar-refractivity contribution in [3.8, 4) is 0 Å². The average Bonchev–Trinajstić information content (AvgIpc) is 3.08. The van der Waals surface area contributed by atoms with E-state index in [9.17, 15) is 9.59 Å². The number of ether oxygens (including phenoxy) is 4. The fraction of sp³-hybridized carbons (Fsp3) is 0.588. The van der Waals surface area contributed by atoms with Crippen LogP contribution in [-0.4, -0.2) is 90.8 Å². The van der Waals surface area contributed by atoms with E-state index >= 15 is 0 Å². The van der Waals surface area contributed by atoms with Crippen LogP contribution < -0.4 is 22.1 Å². The maximum absolute atomic E-state index is 12.4. The predicted molar refractivity (Wildman–Crippen MR) is 180 cm³/mol. The molecule has 2 aromatic carbocycles. The summed E-state index contributed by atoms with van der Waals surface area (Å²) in [6.07, 6.45) is 7.11. The Morgan fingerprint density at radius 2 is 0.783 bits per heavy atom. The Morgan fingerprint density at radius 1 is 0.478 bits per heavy atom. The zero-order chi connectivity index (χ0) is 32.9. The normalized spacial score (nSPS) is 11.3. The number of azo groups is 1. The number of hydrogen-bond donors (Lipinski definition) is 4. The van der Waals surface area contributed by atoms with Crippen LogP contribution in [0.5, 0.6) is 0 Å². The molecule has 0 aliphatic rings. The molecule has 0 aromatic heterocycles. The van der Waals surface area contributed by atoms with Crippen molar-refractivity contribution < 1.29 is 28.5 Å². The van der Waals surface area contributed by atoms with Crippen LogP contribution in [0.3, 0.4) is 0 Å². The van der Waals surface area contributed by atoms with Crippen molar-refractivity contribution in [1.82, 2.24) is 10.6 Å². The van der Waals surface area contributed by atoms with Crippen molar-refractivity contribution in [2.75, 3.05) is 79.0 Å². The summed E-state index contributed by atoms with van der Waals surface area (Å²) in [4.78, 5) is 24.8. The molecule has 0 saturated heterocycles. The largest absolute Gasteiger partial charge is 0.381 e. The standard InChI is InChI=1S/C34H54N6O6/c35-17-5-25-43-21-1-3-23-45-27-7-19-37-33(41)29-9-13-31(14-10-29)39-40-32-15-11-30(12-16-32)34(42)38-20-8-28-46-24-4-2-22-44-26-6-18-36/h9-16H,1-8,17-28,35-36H2,(H,37,41)(H,38,42). The first-order chi connectivity index (χ1) is 22.6. The van der Waals surface area contributed by atoms with Gasteiger partial charge in [0.15, 0.2) is 0 Å². The Labute approximate surface area is 274 Å². The summed E-state index contributed by atoms with van der Waals surface area (Å²) < 4.78 is 22.1. The number of nitrogens with two attached hydrogens (primary N) is 2.